The monoisotopic (exact) mass is 481 g/mol. The number of ether oxygens (including phenoxy) is 1. The van der Waals surface area contributed by atoms with Gasteiger partial charge in [-0.3, -0.25) is 4.79 Å². The van der Waals surface area contributed by atoms with Gasteiger partial charge in [-0.2, -0.15) is 0 Å². The molecule has 0 saturated carbocycles. The Morgan fingerprint density at radius 2 is 1.63 bits per heavy atom. The summed E-state index contributed by atoms with van der Waals surface area (Å²) in [5.74, 6) is -0.386. The van der Waals surface area contributed by atoms with Crippen molar-refractivity contribution in [1.29, 1.82) is 0 Å². The van der Waals surface area contributed by atoms with E-state index >= 15 is 0 Å². The standard InChI is InChI=1S/C29H42N2O4/c1-5-6-7-8-9-10-11-15-28(32)31(19-18-30(2)3)22-23-16-17-27(35-4)26(20-23)24-13-12-14-25(21-24)29(33)34/h12-14,16-17,20-21H,5-11,15,18-19,22H2,1-4H3,(H,33,34)/p-1. The molecule has 2 aromatic rings. The molecule has 0 bridgehead atoms. The highest BCUT2D eigenvalue weighted by molar-refractivity contribution is 5.88. The molecule has 35 heavy (non-hydrogen) atoms. The number of carboxylic acids is 1. The first kappa shape index (κ1) is 28.4. The van der Waals surface area contributed by atoms with Crippen LogP contribution in [0.3, 0.4) is 0 Å². The fourth-order valence-corrected chi connectivity index (χ4v) is 4.12. The highest BCUT2D eigenvalue weighted by Crippen LogP contribution is 2.32. The SMILES string of the molecule is CCCCCCCCCC(=O)N(CCN(C)C)Cc1ccc(OC)c(-c2cccc(C(=O)[O-])c2)c1. The molecule has 2 rings (SSSR count). The van der Waals surface area contributed by atoms with Crippen molar-refractivity contribution in [1.82, 2.24) is 9.80 Å². The van der Waals surface area contributed by atoms with Gasteiger partial charge >= 0.3 is 0 Å². The second kappa shape index (κ2) is 15.2. The quantitative estimate of drug-likeness (QED) is 0.323. The van der Waals surface area contributed by atoms with Gasteiger partial charge in [0.25, 0.3) is 0 Å². The molecule has 192 valence electrons. The third kappa shape index (κ3) is 9.73. The van der Waals surface area contributed by atoms with Crippen LogP contribution in [0.25, 0.3) is 11.1 Å². The third-order valence-corrected chi connectivity index (χ3v) is 6.21. The van der Waals surface area contributed by atoms with E-state index in [4.69, 9.17) is 4.74 Å². The molecule has 0 saturated heterocycles. The fourth-order valence-electron chi connectivity index (χ4n) is 4.12. The minimum Gasteiger partial charge on any atom is -0.545 e. The molecule has 0 aromatic heterocycles. The number of amides is 1. The molecule has 0 fully saturated rings. The zero-order valence-electron chi connectivity index (χ0n) is 21.8. The average molecular weight is 482 g/mol. The number of carboxylic acid groups (broad SMARTS) is 1. The summed E-state index contributed by atoms with van der Waals surface area (Å²) in [6.45, 7) is 4.17. The molecule has 0 aliphatic carbocycles. The number of rotatable bonds is 16. The predicted molar refractivity (Wildman–Crippen MR) is 139 cm³/mol. The Morgan fingerprint density at radius 3 is 2.29 bits per heavy atom. The molecule has 0 spiro atoms. The maximum Gasteiger partial charge on any atom is 0.222 e. The van der Waals surface area contributed by atoms with Gasteiger partial charge in [0.2, 0.25) is 5.91 Å². The van der Waals surface area contributed by atoms with E-state index < -0.39 is 5.97 Å². The number of hydrogen-bond donors (Lipinski definition) is 0. The van der Waals surface area contributed by atoms with Gasteiger partial charge in [0.15, 0.2) is 0 Å². The molecule has 0 aliphatic rings. The summed E-state index contributed by atoms with van der Waals surface area (Å²) < 4.78 is 5.54. The first-order valence-electron chi connectivity index (χ1n) is 12.8. The van der Waals surface area contributed by atoms with E-state index in [2.05, 4.69) is 11.8 Å². The van der Waals surface area contributed by atoms with E-state index in [1.807, 2.05) is 43.3 Å². The first-order valence-corrected chi connectivity index (χ1v) is 12.8. The lowest BCUT2D eigenvalue weighted by Gasteiger charge is -2.25. The van der Waals surface area contributed by atoms with E-state index in [1.54, 1.807) is 19.2 Å². The molecular formula is C29H41N2O4-. The van der Waals surface area contributed by atoms with Crippen molar-refractivity contribution in [3.63, 3.8) is 0 Å². The molecule has 0 radical (unpaired) electrons. The van der Waals surface area contributed by atoms with Gasteiger partial charge in [-0.15, -0.1) is 0 Å². The second-order valence-electron chi connectivity index (χ2n) is 9.39. The number of likely N-dealkylation sites (N-methyl/N-ethyl adjacent to an activating group) is 1. The van der Waals surface area contributed by atoms with Crippen molar-refractivity contribution in [3.8, 4) is 16.9 Å². The first-order chi connectivity index (χ1) is 16.8. The molecule has 6 nitrogen and oxygen atoms in total. The molecule has 6 heteroatoms. The number of carbonyl (C=O) groups excluding carboxylic acids is 2. The van der Waals surface area contributed by atoms with Crippen molar-refractivity contribution in [2.45, 2.75) is 64.8 Å². The molecule has 1 amide bonds. The maximum atomic E-state index is 13.1. The fraction of sp³-hybridized carbons (Fsp3) is 0.517. The van der Waals surface area contributed by atoms with E-state index in [0.29, 0.717) is 25.3 Å². The summed E-state index contributed by atoms with van der Waals surface area (Å²) in [6.07, 6.45) is 8.85. The van der Waals surface area contributed by atoms with Crippen LogP contribution in [0.2, 0.25) is 0 Å². The van der Waals surface area contributed by atoms with Crippen molar-refractivity contribution >= 4 is 11.9 Å². The van der Waals surface area contributed by atoms with Gasteiger partial charge in [0.05, 0.1) is 13.1 Å². The van der Waals surface area contributed by atoms with E-state index in [9.17, 15) is 14.7 Å². The summed E-state index contributed by atoms with van der Waals surface area (Å²) >= 11 is 0. The molecule has 2 aromatic carbocycles. The number of carbonyl (C=O) groups is 2. The molecule has 0 heterocycles. The minimum absolute atomic E-state index is 0.118. The van der Waals surface area contributed by atoms with E-state index in [-0.39, 0.29) is 11.5 Å². The number of aromatic carboxylic acids is 1. The lowest BCUT2D eigenvalue weighted by Crippen LogP contribution is -2.36. The molecular weight excluding hydrogens is 440 g/mol. The number of methoxy groups -OCH3 is 1. The van der Waals surface area contributed by atoms with E-state index in [0.717, 1.165) is 36.1 Å². The maximum absolute atomic E-state index is 13.1. The Labute approximate surface area is 210 Å². The number of unbranched alkanes of at least 4 members (excludes halogenated alkanes) is 6. The Kier molecular flexibility index (Phi) is 12.3. The zero-order chi connectivity index (χ0) is 25.6. The zero-order valence-corrected chi connectivity index (χ0v) is 21.8. The van der Waals surface area contributed by atoms with Gasteiger partial charge in [-0.05, 0) is 55.4 Å². The minimum atomic E-state index is -1.22. The topological polar surface area (TPSA) is 72.9 Å². The van der Waals surface area contributed by atoms with Crippen LogP contribution in [-0.2, 0) is 11.3 Å². The number of hydrogen-bond acceptors (Lipinski definition) is 5. The molecule has 0 aliphatic heterocycles. The Hall–Kier alpha value is -2.86. The van der Waals surface area contributed by atoms with Crippen LogP contribution in [0.15, 0.2) is 42.5 Å². The van der Waals surface area contributed by atoms with Crippen LogP contribution in [-0.4, -0.2) is 56.0 Å². The highest BCUT2D eigenvalue weighted by atomic mass is 16.5. The normalized spacial score (nSPS) is 11.0. The lowest BCUT2D eigenvalue weighted by atomic mass is 9.99. The van der Waals surface area contributed by atoms with Crippen molar-refractivity contribution in [2.24, 2.45) is 0 Å². The average Bonchev–Trinajstić information content (AvgIpc) is 2.85. The Bertz CT molecular complexity index is 942. The number of nitrogens with zero attached hydrogens (tertiary/aromatic N) is 2. The van der Waals surface area contributed by atoms with Crippen LogP contribution in [0, 0.1) is 0 Å². The number of benzene rings is 2. The van der Waals surface area contributed by atoms with Crippen LogP contribution < -0.4 is 9.84 Å². The van der Waals surface area contributed by atoms with Gasteiger partial charge < -0.3 is 24.4 Å². The summed E-state index contributed by atoms with van der Waals surface area (Å²) in [5.41, 5.74) is 2.62. The lowest BCUT2D eigenvalue weighted by molar-refractivity contribution is -0.255. The third-order valence-electron chi connectivity index (χ3n) is 6.21. The Morgan fingerprint density at radius 1 is 0.914 bits per heavy atom. The van der Waals surface area contributed by atoms with Gasteiger partial charge in [0.1, 0.15) is 5.75 Å². The van der Waals surface area contributed by atoms with Crippen LogP contribution in [0.4, 0.5) is 0 Å². The van der Waals surface area contributed by atoms with Gasteiger partial charge in [0, 0.05) is 31.6 Å². The summed E-state index contributed by atoms with van der Waals surface area (Å²) in [4.78, 5) is 28.5. The van der Waals surface area contributed by atoms with Crippen molar-refractivity contribution in [2.75, 3.05) is 34.3 Å². The predicted octanol–water partition coefficient (Wildman–Crippen LogP) is 4.76. The molecule has 0 unspecified atom stereocenters. The molecule has 0 N–H and O–H groups in total. The summed E-state index contributed by atoms with van der Waals surface area (Å²) in [7, 11) is 5.61. The van der Waals surface area contributed by atoms with Gasteiger partial charge in [-0.1, -0.05) is 69.7 Å². The van der Waals surface area contributed by atoms with Crippen LogP contribution >= 0.6 is 0 Å². The summed E-state index contributed by atoms with van der Waals surface area (Å²) in [5, 5.41) is 11.3. The van der Waals surface area contributed by atoms with Gasteiger partial charge in [-0.25, -0.2) is 0 Å². The molecule has 0 atom stereocenters. The Balaban J connectivity index is 2.13. The second-order valence-corrected chi connectivity index (χ2v) is 9.39. The van der Waals surface area contributed by atoms with Crippen molar-refractivity contribution in [3.05, 3.63) is 53.6 Å². The highest BCUT2D eigenvalue weighted by Gasteiger charge is 2.16. The van der Waals surface area contributed by atoms with Crippen LogP contribution in [0.1, 0.15) is 74.2 Å². The van der Waals surface area contributed by atoms with Crippen molar-refractivity contribution < 1.29 is 19.4 Å². The largest absolute Gasteiger partial charge is 0.545 e. The smallest absolute Gasteiger partial charge is 0.222 e. The van der Waals surface area contributed by atoms with Crippen LogP contribution in [0.5, 0.6) is 5.75 Å². The summed E-state index contributed by atoms with van der Waals surface area (Å²) in [6, 6.07) is 12.5. The van der Waals surface area contributed by atoms with E-state index in [1.165, 1.54) is 38.2 Å².